The summed E-state index contributed by atoms with van der Waals surface area (Å²) in [6.07, 6.45) is 3.62. The third-order valence-corrected chi connectivity index (χ3v) is 4.49. The highest BCUT2D eigenvalue weighted by Crippen LogP contribution is 2.31. The molecule has 24 heavy (non-hydrogen) atoms. The monoisotopic (exact) mass is 340 g/mol. The van der Waals surface area contributed by atoms with Crippen LogP contribution in [0.25, 0.3) is 0 Å². The summed E-state index contributed by atoms with van der Waals surface area (Å²) in [6.45, 7) is 4.49. The first-order chi connectivity index (χ1) is 11.7. The summed E-state index contributed by atoms with van der Waals surface area (Å²) in [5.41, 5.74) is 1.05. The quantitative estimate of drug-likeness (QED) is 0.415. The van der Waals surface area contributed by atoms with Gasteiger partial charge in [-0.05, 0) is 48.8 Å². The molecule has 0 heterocycles. The molecule has 0 spiro atoms. The van der Waals surface area contributed by atoms with Crippen molar-refractivity contribution in [2.45, 2.75) is 39.2 Å². The molecule has 5 heteroatoms. The predicted molar refractivity (Wildman–Crippen MR) is 94.1 cm³/mol. The number of benzene rings is 1. The predicted octanol–water partition coefficient (Wildman–Crippen LogP) is 3.39. The number of hydrogen-bond acceptors (Lipinski definition) is 5. The van der Waals surface area contributed by atoms with Gasteiger partial charge in [0.15, 0.2) is 0 Å². The van der Waals surface area contributed by atoms with Gasteiger partial charge in [-0.15, -0.1) is 0 Å². The number of ether oxygens (including phenoxy) is 4. The fourth-order valence-corrected chi connectivity index (χ4v) is 2.64. The molecular formula is C19H32O5. The lowest BCUT2D eigenvalue weighted by molar-refractivity contribution is -0.0476. The number of aliphatic hydroxyl groups is 1. The summed E-state index contributed by atoms with van der Waals surface area (Å²) in [6, 6.07) is 7.89. The molecule has 0 radical (unpaired) electrons. The molecular weight excluding hydrogens is 308 g/mol. The van der Waals surface area contributed by atoms with Crippen LogP contribution < -0.4 is 4.74 Å². The Morgan fingerprint density at radius 2 is 1.75 bits per heavy atom. The molecule has 1 aromatic rings. The van der Waals surface area contributed by atoms with Crippen LogP contribution in [-0.4, -0.2) is 45.9 Å². The van der Waals surface area contributed by atoms with E-state index in [2.05, 4.69) is 6.92 Å². The number of hydrogen-bond donors (Lipinski definition) is 1. The summed E-state index contributed by atoms with van der Waals surface area (Å²) in [7, 11) is 3.27. The Morgan fingerprint density at radius 3 is 2.33 bits per heavy atom. The molecule has 0 bridgehead atoms. The molecule has 5 nitrogen and oxygen atoms in total. The van der Waals surface area contributed by atoms with Crippen LogP contribution in [0.2, 0.25) is 0 Å². The van der Waals surface area contributed by atoms with Gasteiger partial charge >= 0.3 is 0 Å². The third kappa shape index (κ3) is 7.62. The van der Waals surface area contributed by atoms with Crippen molar-refractivity contribution in [2.24, 2.45) is 5.41 Å². The Morgan fingerprint density at radius 1 is 1.00 bits per heavy atom. The van der Waals surface area contributed by atoms with Crippen LogP contribution in [0.1, 0.15) is 38.2 Å². The van der Waals surface area contributed by atoms with Crippen LogP contribution in [-0.2, 0) is 20.8 Å². The minimum absolute atomic E-state index is 0.0861. The summed E-state index contributed by atoms with van der Waals surface area (Å²) < 4.78 is 21.1. The van der Waals surface area contributed by atoms with E-state index in [0.29, 0.717) is 26.6 Å². The number of rotatable bonds is 14. The summed E-state index contributed by atoms with van der Waals surface area (Å²) in [5, 5.41) is 9.78. The Labute approximate surface area is 145 Å². The molecule has 0 fully saturated rings. The number of aliphatic hydroxyl groups excluding tert-OH is 1. The molecule has 1 rings (SSSR count). The molecule has 0 aliphatic carbocycles. The maximum atomic E-state index is 9.78. The van der Waals surface area contributed by atoms with E-state index < -0.39 is 0 Å². The van der Waals surface area contributed by atoms with E-state index in [1.807, 2.05) is 24.3 Å². The fraction of sp³-hybridized carbons (Fsp3) is 0.684. The first-order valence-electron chi connectivity index (χ1n) is 8.58. The normalized spacial score (nSPS) is 13.7. The highest BCUT2D eigenvalue weighted by Gasteiger charge is 2.26. The Hall–Kier alpha value is -1.14. The second-order valence-corrected chi connectivity index (χ2v) is 6.08. The van der Waals surface area contributed by atoms with E-state index in [-0.39, 0.29) is 12.0 Å². The molecule has 0 saturated heterocycles. The lowest BCUT2D eigenvalue weighted by atomic mass is 9.79. The Bertz CT molecular complexity index is 414. The van der Waals surface area contributed by atoms with Crippen molar-refractivity contribution in [1.29, 1.82) is 0 Å². The maximum absolute atomic E-state index is 9.78. The number of methoxy groups -OCH3 is 2. The van der Waals surface area contributed by atoms with Gasteiger partial charge in [-0.25, -0.2) is 0 Å². The summed E-state index contributed by atoms with van der Waals surface area (Å²) >= 11 is 0. The van der Waals surface area contributed by atoms with Crippen molar-refractivity contribution in [3.05, 3.63) is 29.8 Å². The molecule has 0 aromatic heterocycles. The van der Waals surface area contributed by atoms with E-state index in [1.165, 1.54) is 0 Å². The zero-order valence-electron chi connectivity index (χ0n) is 15.3. The van der Waals surface area contributed by atoms with Crippen molar-refractivity contribution in [3.63, 3.8) is 0 Å². The van der Waals surface area contributed by atoms with Gasteiger partial charge in [0, 0.05) is 20.3 Å². The molecule has 1 atom stereocenters. The van der Waals surface area contributed by atoms with Crippen LogP contribution in [0.3, 0.4) is 0 Å². The van der Waals surface area contributed by atoms with Crippen molar-refractivity contribution < 1.29 is 24.1 Å². The molecule has 138 valence electrons. The lowest BCUT2D eigenvalue weighted by Gasteiger charge is -2.30. The molecule has 1 N–H and O–H groups in total. The average molecular weight is 340 g/mol. The van der Waals surface area contributed by atoms with E-state index in [1.54, 1.807) is 14.2 Å². The van der Waals surface area contributed by atoms with E-state index in [4.69, 9.17) is 18.9 Å². The topological polar surface area (TPSA) is 57.2 Å². The van der Waals surface area contributed by atoms with Gasteiger partial charge in [-0.2, -0.15) is 0 Å². The Balaban J connectivity index is 2.26. The van der Waals surface area contributed by atoms with Crippen molar-refractivity contribution in [1.82, 2.24) is 0 Å². The van der Waals surface area contributed by atoms with Gasteiger partial charge < -0.3 is 24.1 Å². The Kier molecular flexibility index (Phi) is 10.7. The summed E-state index contributed by atoms with van der Waals surface area (Å²) in [4.78, 5) is 0. The van der Waals surface area contributed by atoms with Gasteiger partial charge in [0.2, 0.25) is 0 Å². The van der Waals surface area contributed by atoms with E-state index in [9.17, 15) is 5.11 Å². The molecule has 0 aliphatic rings. The summed E-state index contributed by atoms with van der Waals surface area (Å²) in [5.74, 6) is 0.852. The smallest absolute Gasteiger partial charge is 0.146 e. The first-order valence-corrected chi connectivity index (χ1v) is 8.58. The van der Waals surface area contributed by atoms with Gasteiger partial charge in [0.1, 0.15) is 12.5 Å². The highest BCUT2D eigenvalue weighted by molar-refractivity contribution is 5.26. The highest BCUT2D eigenvalue weighted by atomic mass is 16.7. The zero-order valence-corrected chi connectivity index (χ0v) is 15.3. The standard InChI is InChI=1S/C19H32O5/c1-4-19(15-20,11-13-24-16-21-2)10-5-12-23-14-17-6-8-18(22-3)9-7-17/h6-9,20H,4-5,10-16H2,1-3H3/t19-/m0/s1. The van der Waals surface area contributed by atoms with Crippen LogP contribution in [0, 0.1) is 5.41 Å². The second kappa shape index (κ2) is 12.3. The average Bonchev–Trinajstić information content (AvgIpc) is 2.64. The van der Waals surface area contributed by atoms with Gasteiger partial charge in [-0.1, -0.05) is 19.1 Å². The minimum atomic E-state index is -0.0861. The van der Waals surface area contributed by atoms with E-state index >= 15 is 0 Å². The van der Waals surface area contributed by atoms with Crippen LogP contribution in [0.4, 0.5) is 0 Å². The van der Waals surface area contributed by atoms with Gasteiger partial charge in [-0.3, -0.25) is 0 Å². The van der Waals surface area contributed by atoms with Crippen molar-refractivity contribution >= 4 is 0 Å². The van der Waals surface area contributed by atoms with Crippen LogP contribution >= 0.6 is 0 Å². The third-order valence-electron chi connectivity index (χ3n) is 4.49. The first kappa shape index (κ1) is 20.9. The van der Waals surface area contributed by atoms with Crippen LogP contribution in [0.15, 0.2) is 24.3 Å². The maximum Gasteiger partial charge on any atom is 0.146 e. The fourth-order valence-electron chi connectivity index (χ4n) is 2.64. The zero-order chi connectivity index (χ0) is 17.7. The SMILES string of the molecule is CC[C@](CO)(CCCOCc1ccc(OC)cc1)CCOCOC. The van der Waals surface area contributed by atoms with Gasteiger partial charge in [0.05, 0.1) is 20.3 Å². The minimum Gasteiger partial charge on any atom is -0.497 e. The van der Waals surface area contributed by atoms with Crippen molar-refractivity contribution in [2.75, 3.05) is 40.8 Å². The lowest BCUT2D eigenvalue weighted by Crippen LogP contribution is -2.27. The largest absolute Gasteiger partial charge is 0.497 e. The van der Waals surface area contributed by atoms with E-state index in [0.717, 1.165) is 37.0 Å². The molecule has 1 aromatic carbocycles. The van der Waals surface area contributed by atoms with Crippen molar-refractivity contribution in [3.8, 4) is 5.75 Å². The molecule has 0 saturated carbocycles. The second-order valence-electron chi connectivity index (χ2n) is 6.08. The van der Waals surface area contributed by atoms with Gasteiger partial charge in [0.25, 0.3) is 0 Å². The van der Waals surface area contributed by atoms with Crippen LogP contribution in [0.5, 0.6) is 5.75 Å². The molecule has 0 amide bonds. The molecule has 0 unspecified atom stereocenters. The molecule has 0 aliphatic heterocycles.